The van der Waals surface area contributed by atoms with E-state index in [1.54, 1.807) is 0 Å². The van der Waals surface area contributed by atoms with Gasteiger partial charge in [0, 0.05) is 12.3 Å². The number of aryl methyl sites for hydroxylation is 2. The van der Waals surface area contributed by atoms with Crippen molar-refractivity contribution in [3.63, 3.8) is 0 Å². The first-order valence-corrected chi connectivity index (χ1v) is 6.10. The average Bonchev–Trinajstić information content (AvgIpc) is 2.24. The highest BCUT2D eigenvalue weighted by atomic mass is 16.1. The minimum absolute atomic E-state index is 0.179. The lowest BCUT2D eigenvalue weighted by molar-refractivity contribution is -0.121. The fourth-order valence-corrected chi connectivity index (χ4v) is 1.82. The summed E-state index contributed by atoms with van der Waals surface area (Å²) < 4.78 is 0. The third kappa shape index (κ3) is 3.48. The van der Waals surface area contributed by atoms with E-state index in [4.69, 9.17) is 0 Å². The van der Waals surface area contributed by atoms with E-state index in [-0.39, 0.29) is 5.92 Å². The molecule has 0 saturated carbocycles. The highest BCUT2D eigenvalue weighted by molar-refractivity contribution is 5.80. The summed E-state index contributed by atoms with van der Waals surface area (Å²) >= 11 is 0. The molecule has 1 aromatic carbocycles. The monoisotopic (exact) mass is 218 g/mol. The van der Waals surface area contributed by atoms with Crippen LogP contribution in [0, 0.1) is 19.8 Å². The van der Waals surface area contributed by atoms with Crippen molar-refractivity contribution in [2.45, 2.75) is 47.0 Å². The van der Waals surface area contributed by atoms with E-state index in [2.05, 4.69) is 32.0 Å². The van der Waals surface area contributed by atoms with E-state index >= 15 is 0 Å². The predicted octanol–water partition coefficient (Wildman–Crippen LogP) is 3.85. The Balaban J connectivity index is 2.49. The van der Waals surface area contributed by atoms with Gasteiger partial charge in [0.15, 0.2) is 0 Å². The van der Waals surface area contributed by atoms with E-state index in [1.165, 1.54) is 16.7 Å². The number of ketones is 1. The summed E-state index contributed by atoms with van der Waals surface area (Å²) in [5, 5.41) is 0. The van der Waals surface area contributed by atoms with Crippen molar-refractivity contribution in [3.8, 4) is 0 Å². The second-order valence-corrected chi connectivity index (χ2v) is 4.83. The second-order valence-electron chi connectivity index (χ2n) is 4.83. The third-order valence-corrected chi connectivity index (χ3v) is 3.23. The molecule has 0 aliphatic rings. The zero-order valence-electron chi connectivity index (χ0n) is 10.8. The Morgan fingerprint density at radius 1 is 1.25 bits per heavy atom. The number of benzene rings is 1. The first-order chi connectivity index (χ1) is 7.52. The van der Waals surface area contributed by atoms with Crippen LogP contribution in [0.15, 0.2) is 18.2 Å². The van der Waals surface area contributed by atoms with E-state index in [1.807, 2.05) is 13.8 Å². The molecular weight excluding hydrogens is 196 g/mol. The van der Waals surface area contributed by atoms with Gasteiger partial charge in [-0.2, -0.15) is 0 Å². The summed E-state index contributed by atoms with van der Waals surface area (Å²) in [7, 11) is 0. The number of carbonyl (C=O) groups is 1. The topological polar surface area (TPSA) is 17.1 Å². The summed E-state index contributed by atoms with van der Waals surface area (Å²) in [5.74, 6) is 0.559. The molecule has 0 amide bonds. The molecule has 0 radical (unpaired) electrons. The van der Waals surface area contributed by atoms with Gasteiger partial charge in [-0.25, -0.2) is 0 Å². The van der Waals surface area contributed by atoms with Gasteiger partial charge < -0.3 is 0 Å². The molecule has 88 valence electrons. The molecular formula is C15H22O. The summed E-state index contributed by atoms with van der Waals surface area (Å²) in [6.07, 6.45) is 2.71. The SMILES string of the molecule is Cc1cccc(CCCC(=O)C(C)C)c1C. The quantitative estimate of drug-likeness (QED) is 0.733. The largest absolute Gasteiger partial charge is 0.299 e. The van der Waals surface area contributed by atoms with E-state index < -0.39 is 0 Å². The molecule has 0 bridgehead atoms. The first-order valence-electron chi connectivity index (χ1n) is 6.10. The van der Waals surface area contributed by atoms with Crippen LogP contribution >= 0.6 is 0 Å². The molecule has 0 atom stereocenters. The summed E-state index contributed by atoms with van der Waals surface area (Å²) in [4.78, 5) is 11.5. The van der Waals surface area contributed by atoms with Crippen LogP contribution in [-0.4, -0.2) is 5.78 Å². The molecule has 0 aromatic heterocycles. The van der Waals surface area contributed by atoms with Crippen molar-refractivity contribution in [1.82, 2.24) is 0 Å². The average molecular weight is 218 g/mol. The van der Waals surface area contributed by atoms with Gasteiger partial charge in [-0.15, -0.1) is 0 Å². The van der Waals surface area contributed by atoms with Gasteiger partial charge in [0.25, 0.3) is 0 Å². The first kappa shape index (κ1) is 13.0. The number of hydrogen-bond acceptors (Lipinski definition) is 1. The molecule has 1 nitrogen and oxygen atoms in total. The Labute approximate surface area is 98.9 Å². The molecule has 1 heteroatoms. The number of hydrogen-bond donors (Lipinski definition) is 0. The molecule has 1 aromatic rings. The zero-order chi connectivity index (χ0) is 12.1. The van der Waals surface area contributed by atoms with E-state index in [0.717, 1.165) is 12.8 Å². The molecule has 0 heterocycles. The van der Waals surface area contributed by atoms with Crippen LogP contribution in [0.3, 0.4) is 0 Å². The minimum Gasteiger partial charge on any atom is -0.299 e. The maximum Gasteiger partial charge on any atom is 0.135 e. The standard InChI is InChI=1S/C15H22O/c1-11(2)15(16)10-6-9-14-8-5-7-12(3)13(14)4/h5,7-8,11H,6,9-10H2,1-4H3. The van der Waals surface area contributed by atoms with Crippen LogP contribution in [0.4, 0.5) is 0 Å². The lowest BCUT2D eigenvalue weighted by atomic mass is 9.97. The lowest BCUT2D eigenvalue weighted by Crippen LogP contribution is -2.07. The normalized spacial score (nSPS) is 10.8. The van der Waals surface area contributed by atoms with Crippen LogP contribution in [0.2, 0.25) is 0 Å². The Bertz CT molecular complexity index is 364. The zero-order valence-corrected chi connectivity index (χ0v) is 10.8. The Hall–Kier alpha value is -1.11. The maximum absolute atomic E-state index is 11.5. The van der Waals surface area contributed by atoms with Gasteiger partial charge in [-0.05, 0) is 43.4 Å². The van der Waals surface area contributed by atoms with Crippen molar-refractivity contribution < 1.29 is 4.79 Å². The van der Waals surface area contributed by atoms with Crippen molar-refractivity contribution in [2.75, 3.05) is 0 Å². The Kier molecular flexibility index (Phi) is 4.72. The van der Waals surface area contributed by atoms with Gasteiger partial charge >= 0.3 is 0 Å². The van der Waals surface area contributed by atoms with Crippen LogP contribution < -0.4 is 0 Å². The van der Waals surface area contributed by atoms with Crippen LogP contribution in [0.5, 0.6) is 0 Å². The van der Waals surface area contributed by atoms with Gasteiger partial charge in [-0.1, -0.05) is 32.0 Å². The smallest absolute Gasteiger partial charge is 0.135 e. The summed E-state index contributed by atoms with van der Waals surface area (Å²) in [6, 6.07) is 6.40. The number of rotatable bonds is 5. The van der Waals surface area contributed by atoms with Gasteiger partial charge in [0.2, 0.25) is 0 Å². The summed E-state index contributed by atoms with van der Waals surface area (Å²) in [5.41, 5.74) is 4.10. The Morgan fingerprint density at radius 2 is 1.94 bits per heavy atom. The van der Waals surface area contributed by atoms with Crippen LogP contribution in [0.25, 0.3) is 0 Å². The van der Waals surface area contributed by atoms with Gasteiger partial charge in [-0.3, -0.25) is 4.79 Å². The fourth-order valence-electron chi connectivity index (χ4n) is 1.82. The molecule has 16 heavy (non-hydrogen) atoms. The van der Waals surface area contributed by atoms with Gasteiger partial charge in [0.05, 0.1) is 0 Å². The number of Topliss-reactive ketones (excluding diaryl/α,β-unsaturated/α-hetero) is 1. The van der Waals surface area contributed by atoms with Crippen molar-refractivity contribution in [2.24, 2.45) is 5.92 Å². The maximum atomic E-state index is 11.5. The Morgan fingerprint density at radius 3 is 2.56 bits per heavy atom. The van der Waals surface area contributed by atoms with Crippen LogP contribution in [-0.2, 0) is 11.2 Å². The predicted molar refractivity (Wildman–Crippen MR) is 68.7 cm³/mol. The molecule has 0 saturated heterocycles. The highest BCUT2D eigenvalue weighted by Gasteiger charge is 2.07. The third-order valence-electron chi connectivity index (χ3n) is 3.23. The van der Waals surface area contributed by atoms with Crippen molar-refractivity contribution in [1.29, 1.82) is 0 Å². The molecule has 0 N–H and O–H groups in total. The van der Waals surface area contributed by atoms with Gasteiger partial charge in [0.1, 0.15) is 5.78 Å². The van der Waals surface area contributed by atoms with Crippen molar-refractivity contribution in [3.05, 3.63) is 34.9 Å². The second kappa shape index (κ2) is 5.83. The highest BCUT2D eigenvalue weighted by Crippen LogP contribution is 2.15. The molecule has 0 aliphatic carbocycles. The lowest BCUT2D eigenvalue weighted by Gasteiger charge is -2.08. The molecule has 0 aliphatic heterocycles. The summed E-state index contributed by atoms with van der Waals surface area (Å²) in [6.45, 7) is 8.24. The molecule has 0 unspecified atom stereocenters. The molecule has 0 spiro atoms. The minimum atomic E-state index is 0.179. The fraction of sp³-hybridized carbons (Fsp3) is 0.533. The van der Waals surface area contributed by atoms with E-state index in [0.29, 0.717) is 12.2 Å². The van der Waals surface area contributed by atoms with Crippen LogP contribution in [0.1, 0.15) is 43.4 Å². The van der Waals surface area contributed by atoms with Crippen molar-refractivity contribution >= 4 is 5.78 Å². The van der Waals surface area contributed by atoms with E-state index in [9.17, 15) is 4.79 Å². The molecule has 1 rings (SSSR count). The molecule has 0 fully saturated rings. The number of carbonyl (C=O) groups excluding carboxylic acids is 1.